The van der Waals surface area contributed by atoms with Gasteiger partial charge in [0.25, 0.3) is 0 Å². The number of hydrogen-bond acceptors (Lipinski definition) is 3. The Hall–Kier alpha value is -1.83. The van der Waals surface area contributed by atoms with Crippen LogP contribution in [0.25, 0.3) is 4.85 Å². The molecule has 0 unspecified atom stereocenters. The predicted octanol–water partition coefficient (Wildman–Crippen LogP) is 0.668. The molecule has 0 fully saturated rings. The normalized spacial score (nSPS) is 9.50. The zero-order valence-corrected chi connectivity index (χ0v) is 8.15. The molecule has 1 rings (SSSR count). The van der Waals surface area contributed by atoms with Crippen LogP contribution in [0.15, 0.2) is 6.20 Å². The molecular formula is C9H11N3O2. The Balaban J connectivity index is 2.92. The first-order chi connectivity index (χ1) is 6.69. The first-order valence-corrected chi connectivity index (χ1v) is 4.13. The van der Waals surface area contributed by atoms with Crippen LogP contribution in [0.4, 0.5) is 0 Å². The van der Waals surface area contributed by atoms with Crippen molar-refractivity contribution in [3.8, 4) is 0 Å². The number of carbonyl (C=O) groups excluding carboxylic acids is 1. The average molecular weight is 193 g/mol. The summed E-state index contributed by atoms with van der Waals surface area (Å²) in [6.45, 7) is 7.02. The molecule has 0 amide bonds. The van der Waals surface area contributed by atoms with Crippen LogP contribution in [-0.4, -0.2) is 29.4 Å². The average Bonchev–Trinajstić information content (AvgIpc) is 2.55. The molecule has 0 bridgehead atoms. The van der Waals surface area contributed by atoms with E-state index in [2.05, 4.69) is 14.7 Å². The zero-order chi connectivity index (χ0) is 10.6. The highest BCUT2D eigenvalue weighted by Gasteiger charge is 2.16. The molecule has 5 heteroatoms. The van der Waals surface area contributed by atoms with Crippen LogP contribution < -0.4 is 0 Å². The lowest BCUT2D eigenvalue weighted by Gasteiger charge is -1.95. The third-order valence-corrected chi connectivity index (χ3v) is 1.78. The van der Waals surface area contributed by atoms with Crippen LogP contribution in [0.2, 0.25) is 0 Å². The molecule has 74 valence electrons. The third kappa shape index (κ3) is 2.10. The van der Waals surface area contributed by atoms with E-state index in [0.29, 0.717) is 18.7 Å². The van der Waals surface area contributed by atoms with Crippen LogP contribution in [0.1, 0.15) is 16.1 Å². The number of nitrogens with zero attached hydrogens (tertiary/aromatic N) is 3. The second-order valence-corrected chi connectivity index (χ2v) is 2.80. The minimum atomic E-state index is -0.453. The van der Waals surface area contributed by atoms with E-state index < -0.39 is 5.97 Å². The molecule has 0 aliphatic heterocycles. The summed E-state index contributed by atoms with van der Waals surface area (Å²) in [6.07, 6.45) is 2.26. The molecule has 0 N–H and O–H groups in total. The summed E-state index contributed by atoms with van der Waals surface area (Å²) < 4.78 is 6.13. The number of carbonyl (C=O) groups is 1. The fourth-order valence-electron chi connectivity index (χ4n) is 1.17. The summed E-state index contributed by atoms with van der Waals surface area (Å²) in [7, 11) is 3.05. The Morgan fingerprint density at radius 1 is 1.79 bits per heavy atom. The van der Waals surface area contributed by atoms with Crippen molar-refractivity contribution in [3.63, 3.8) is 0 Å². The summed E-state index contributed by atoms with van der Waals surface area (Å²) in [4.78, 5) is 14.5. The second-order valence-electron chi connectivity index (χ2n) is 2.80. The summed E-state index contributed by atoms with van der Waals surface area (Å²) >= 11 is 0. The van der Waals surface area contributed by atoms with E-state index in [9.17, 15) is 4.79 Å². The van der Waals surface area contributed by atoms with E-state index in [4.69, 9.17) is 6.57 Å². The zero-order valence-electron chi connectivity index (χ0n) is 8.15. The molecule has 0 aromatic carbocycles. The van der Waals surface area contributed by atoms with Gasteiger partial charge in [0.2, 0.25) is 6.54 Å². The summed E-state index contributed by atoms with van der Waals surface area (Å²) in [5.41, 5.74) is 1.06. The number of aryl methyl sites for hydroxylation is 1. The molecule has 0 saturated carbocycles. The van der Waals surface area contributed by atoms with Gasteiger partial charge in [0, 0.05) is 25.2 Å². The van der Waals surface area contributed by atoms with Gasteiger partial charge in [0.1, 0.15) is 0 Å². The van der Waals surface area contributed by atoms with Gasteiger partial charge >= 0.3 is 5.97 Å². The molecule has 1 aromatic rings. The topological polar surface area (TPSA) is 48.5 Å². The maximum absolute atomic E-state index is 11.2. The molecule has 5 nitrogen and oxygen atoms in total. The fourth-order valence-corrected chi connectivity index (χ4v) is 1.17. The lowest BCUT2D eigenvalue weighted by Crippen LogP contribution is -2.06. The van der Waals surface area contributed by atoms with Crippen LogP contribution >= 0.6 is 0 Å². The van der Waals surface area contributed by atoms with Crippen LogP contribution in [0.5, 0.6) is 0 Å². The van der Waals surface area contributed by atoms with Crippen molar-refractivity contribution < 1.29 is 9.53 Å². The van der Waals surface area contributed by atoms with Gasteiger partial charge in [-0.15, -0.1) is 0 Å². The monoisotopic (exact) mass is 193 g/mol. The van der Waals surface area contributed by atoms with E-state index in [1.807, 2.05) is 0 Å². The fraction of sp³-hybridized carbons (Fsp3) is 0.444. The summed E-state index contributed by atoms with van der Waals surface area (Å²) in [5.74, 6) is -0.453. The van der Waals surface area contributed by atoms with Gasteiger partial charge in [-0.2, -0.15) is 5.10 Å². The molecule has 1 heterocycles. The van der Waals surface area contributed by atoms with Crippen molar-refractivity contribution in [2.24, 2.45) is 7.05 Å². The molecule has 0 saturated heterocycles. The number of rotatable bonds is 3. The lowest BCUT2D eigenvalue weighted by molar-refractivity contribution is 0.0592. The molecular weight excluding hydrogens is 182 g/mol. The van der Waals surface area contributed by atoms with Gasteiger partial charge in [0.05, 0.1) is 7.11 Å². The van der Waals surface area contributed by atoms with Gasteiger partial charge in [-0.25, -0.2) is 11.4 Å². The number of hydrogen-bond donors (Lipinski definition) is 0. The molecule has 0 spiro atoms. The number of methoxy groups -OCH3 is 1. The van der Waals surface area contributed by atoms with Crippen LogP contribution in [0, 0.1) is 6.57 Å². The summed E-state index contributed by atoms with van der Waals surface area (Å²) in [5, 5.41) is 3.97. The standard InChI is InChI=1S/C9H11N3O2/c1-10-5-4-7-6-12(2)11-8(7)9(13)14-3/h6H,4-5H2,2-3H3. The van der Waals surface area contributed by atoms with Crippen molar-refractivity contribution >= 4 is 5.97 Å². The van der Waals surface area contributed by atoms with E-state index in [1.54, 1.807) is 17.9 Å². The minimum absolute atomic E-state index is 0.304. The molecule has 0 atom stereocenters. The van der Waals surface area contributed by atoms with Crippen LogP contribution in [-0.2, 0) is 18.2 Å². The van der Waals surface area contributed by atoms with Crippen LogP contribution in [0.3, 0.4) is 0 Å². The maximum Gasteiger partial charge on any atom is 0.358 e. The first-order valence-electron chi connectivity index (χ1n) is 4.13. The highest BCUT2D eigenvalue weighted by Crippen LogP contribution is 2.08. The van der Waals surface area contributed by atoms with E-state index in [0.717, 1.165) is 5.56 Å². The Morgan fingerprint density at radius 3 is 3.07 bits per heavy atom. The highest BCUT2D eigenvalue weighted by molar-refractivity contribution is 5.88. The Bertz CT molecular complexity index is 376. The SMILES string of the molecule is [C-]#[N+]CCc1cn(C)nc1C(=O)OC. The van der Waals surface area contributed by atoms with Crippen molar-refractivity contribution in [2.45, 2.75) is 6.42 Å². The van der Waals surface area contributed by atoms with Gasteiger partial charge in [-0.05, 0) is 0 Å². The van der Waals surface area contributed by atoms with Crippen molar-refractivity contribution in [3.05, 3.63) is 28.9 Å². The van der Waals surface area contributed by atoms with Crippen molar-refractivity contribution in [2.75, 3.05) is 13.7 Å². The lowest BCUT2D eigenvalue weighted by atomic mass is 10.2. The van der Waals surface area contributed by atoms with Gasteiger partial charge in [-0.3, -0.25) is 4.68 Å². The van der Waals surface area contributed by atoms with Gasteiger partial charge in [-0.1, -0.05) is 0 Å². The largest absolute Gasteiger partial charge is 0.464 e. The van der Waals surface area contributed by atoms with Crippen molar-refractivity contribution in [1.29, 1.82) is 0 Å². The smallest absolute Gasteiger partial charge is 0.358 e. The Labute approximate surface area is 82.1 Å². The summed E-state index contributed by atoms with van der Waals surface area (Å²) in [6, 6.07) is 0. The third-order valence-electron chi connectivity index (χ3n) is 1.78. The first kappa shape index (κ1) is 10.3. The number of ether oxygens (including phenoxy) is 1. The Morgan fingerprint density at radius 2 is 2.50 bits per heavy atom. The molecule has 1 aromatic heterocycles. The molecule has 14 heavy (non-hydrogen) atoms. The molecule has 0 aliphatic carbocycles. The molecule has 0 radical (unpaired) electrons. The van der Waals surface area contributed by atoms with Crippen molar-refractivity contribution in [1.82, 2.24) is 9.78 Å². The number of aromatic nitrogens is 2. The van der Waals surface area contributed by atoms with E-state index >= 15 is 0 Å². The highest BCUT2D eigenvalue weighted by atomic mass is 16.5. The molecule has 0 aliphatic rings. The van der Waals surface area contributed by atoms with E-state index in [-0.39, 0.29) is 0 Å². The minimum Gasteiger partial charge on any atom is -0.464 e. The second kappa shape index (κ2) is 4.42. The Kier molecular flexibility index (Phi) is 3.24. The number of esters is 1. The van der Waals surface area contributed by atoms with Gasteiger partial charge < -0.3 is 9.58 Å². The maximum atomic E-state index is 11.2. The quantitative estimate of drug-likeness (QED) is 0.523. The van der Waals surface area contributed by atoms with Gasteiger partial charge in [0.15, 0.2) is 5.69 Å². The predicted molar refractivity (Wildman–Crippen MR) is 49.7 cm³/mol. The van der Waals surface area contributed by atoms with E-state index in [1.165, 1.54) is 7.11 Å².